The topological polar surface area (TPSA) is 111 Å². The lowest BCUT2D eigenvalue weighted by Gasteiger charge is -2.21. The highest BCUT2D eigenvalue weighted by atomic mass is 16.5. The Kier molecular flexibility index (Phi) is 7.16. The van der Waals surface area contributed by atoms with Crippen molar-refractivity contribution in [3.05, 3.63) is 111 Å². The van der Waals surface area contributed by atoms with Gasteiger partial charge in [-0.3, -0.25) is 5.21 Å². The number of hydrogen-bond donors (Lipinski definition) is 2. The van der Waals surface area contributed by atoms with E-state index in [1.807, 2.05) is 55.6 Å². The molecule has 3 aromatic rings. The summed E-state index contributed by atoms with van der Waals surface area (Å²) in [7, 11) is 0. The Bertz CT molecular complexity index is 1650. The summed E-state index contributed by atoms with van der Waals surface area (Å²) in [5, 5.41) is 40.8. The first-order chi connectivity index (χ1) is 18.1. The van der Waals surface area contributed by atoms with E-state index in [9.17, 15) is 10.3 Å². The van der Waals surface area contributed by atoms with E-state index >= 15 is 0 Å². The summed E-state index contributed by atoms with van der Waals surface area (Å²) < 4.78 is 2.10. The number of aryl methyl sites for hydroxylation is 1. The Labute approximate surface area is 214 Å². The molecule has 9 heteroatoms. The molecule has 0 saturated carbocycles. The second-order valence-corrected chi connectivity index (χ2v) is 9.03. The summed E-state index contributed by atoms with van der Waals surface area (Å²) in [6.07, 6.45) is 10.6. The molecule has 1 aromatic heterocycles. The van der Waals surface area contributed by atoms with Gasteiger partial charge in [0.2, 0.25) is 5.82 Å². The van der Waals surface area contributed by atoms with Crippen molar-refractivity contribution in [2.45, 2.75) is 46.3 Å². The number of aliphatic hydroxyl groups is 1. The van der Waals surface area contributed by atoms with Gasteiger partial charge in [0.25, 0.3) is 0 Å². The number of benzene rings is 2. The van der Waals surface area contributed by atoms with Crippen molar-refractivity contribution in [2.24, 2.45) is 20.7 Å². The lowest BCUT2D eigenvalue weighted by Crippen LogP contribution is -2.25. The van der Waals surface area contributed by atoms with Crippen LogP contribution in [0.5, 0.6) is 0 Å². The Balaban J connectivity index is 1.77. The first-order valence-corrected chi connectivity index (χ1v) is 12.4. The molecule has 0 spiro atoms. The Morgan fingerprint density at radius 2 is 1.70 bits per heavy atom. The van der Waals surface area contributed by atoms with Gasteiger partial charge in [0.1, 0.15) is 5.82 Å². The molecular formula is C28H29N7O2. The largest absolute Gasteiger partial charge is 0.390 e. The Morgan fingerprint density at radius 3 is 2.46 bits per heavy atom. The van der Waals surface area contributed by atoms with Gasteiger partial charge >= 0.3 is 0 Å². The van der Waals surface area contributed by atoms with E-state index in [2.05, 4.69) is 55.3 Å². The van der Waals surface area contributed by atoms with Gasteiger partial charge in [0, 0.05) is 35.3 Å². The van der Waals surface area contributed by atoms with E-state index in [-0.39, 0.29) is 6.61 Å². The first-order valence-electron chi connectivity index (χ1n) is 12.4. The zero-order valence-corrected chi connectivity index (χ0v) is 20.9. The predicted molar refractivity (Wildman–Crippen MR) is 139 cm³/mol. The van der Waals surface area contributed by atoms with Crippen molar-refractivity contribution in [1.82, 2.24) is 14.6 Å². The lowest BCUT2D eigenvalue weighted by atomic mass is 10.0. The number of nitrogens with zero attached hydrogens (tertiary/aromatic N) is 7. The predicted octanol–water partition coefficient (Wildman–Crippen LogP) is 4.22. The van der Waals surface area contributed by atoms with E-state index in [0.717, 1.165) is 57.2 Å². The van der Waals surface area contributed by atoms with Crippen molar-refractivity contribution in [3.8, 4) is 0 Å². The molecule has 0 aliphatic carbocycles. The SMILES string of the molecule is CCCCc1nc(CO)cn1Cc1ccc(=c2ccccc2=C2N=NN=N2)c(=C2C=CC=C(C)N2O)c1. The van der Waals surface area contributed by atoms with Gasteiger partial charge < -0.3 is 9.67 Å². The van der Waals surface area contributed by atoms with Gasteiger partial charge in [-0.05, 0) is 58.0 Å². The normalized spacial score (nSPS) is 17.1. The molecule has 188 valence electrons. The van der Waals surface area contributed by atoms with Gasteiger partial charge in [-0.2, -0.15) is 0 Å². The molecule has 9 nitrogen and oxygen atoms in total. The fraction of sp³-hybridized carbons (Fsp3) is 0.250. The molecule has 3 heterocycles. The van der Waals surface area contributed by atoms with Crippen LogP contribution in [-0.4, -0.2) is 24.9 Å². The molecule has 37 heavy (non-hydrogen) atoms. The number of unbranched alkanes of at least 4 members (excludes halogenated alkanes) is 1. The fourth-order valence-corrected chi connectivity index (χ4v) is 4.57. The highest BCUT2D eigenvalue weighted by Gasteiger charge is 2.13. The third-order valence-corrected chi connectivity index (χ3v) is 6.47. The van der Waals surface area contributed by atoms with Crippen molar-refractivity contribution < 1.29 is 10.3 Å². The van der Waals surface area contributed by atoms with Crippen LogP contribution in [0.25, 0.3) is 11.5 Å². The summed E-state index contributed by atoms with van der Waals surface area (Å²) in [6, 6.07) is 14.1. The first kappa shape index (κ1) is 24.5. The number of allylic oxidation sites excluding steroid dienone is 3. The molecular weight excluding hydrogens is 466 g/mol. The van der Waals surface area contributed by atoms with E-state index in [1.165, 1.54) is 5.06 Å². The van der Waals surface area contributed by atoms with Crippen LogP contribution in [0.1, 0.15) is 43.8 Å². The van der Waals surface area contributed by atoms with Gasteiger partial charge in [-0.1, -0.05) is 55.8 Å². The molecule has 2 aromatic carbocycles. The highest BCUT2D eigenvalue weighted by Crippen LogP contribution is 2.17. The number of imidazole rings is 1. The third kappa shape index (κ3) is 5.04. The maximum atomic E-state index is 11.0. The number of hydrogen-bond acceptors (Lipinski definition) is 8. The molecule has 0 unspecified atom stereocenters. The van der Waals surface area contributed by atoms with E-state index in [4.69, 9.17) is 0 Å². The van der Waals surface area contributed by atoms with Crippen LogP contribution >= 0.6 is 0 Å². The molecule has 5 rings (SSSR count). The average molecular weight is 496 g/mol. The van der Waals surface area contributed by atoms with Crippen molar-refractivity contribution >= 4 is 11.5 Å². The quantitative estimate of drug-likeness (QED) is 0.533. The van der Waals surface area contributed by atoms with Crippen LogP contribution in [0.15, 0.2) is 93.3 Å². The molecule has 0 atom stereocenters. The molecule has 2 aliphatic heterocycles. The summed E-state index contributed by atoms with van der Waals surface area (Å²) in [5.41, 5.74) is 3.10. The Morgan fingerprint density at radius 1 is 0.946 bits per heavy atom. The van der Waals surface area contributed by atoms with Crippen LogP contribution in [-0.2, 0) is 19.6 Å². The smallest absolute Gasteiger partial charge is 0.207 e. The van der Waals surface area contributed by atoms with Gasteiger partial charge in [-0.15, -0.1) is 10.2 Å². The van der Waals surface area contributed by atoms with Crippen LogP contribution in [0.3, 0.4) is 0 Å². The fourth-order valence-electron chi connectivity index (χ4n) is 4.57. The maximum absolute atomic E-state index is 11.0. The van der Waals surface area contributed by atoms with Crippen LogP contribution < -0.4 is 10.4 Å². The monoisotopic (exact) mass is 495 g/mol. The summed E-state index contributed by atoms with van der Waals surface area (Å²) >= 11 is 0. The summed E-state index contributed by atoms with van der Waals surface area (Å²) in [5.74, 6) is 1.41. The lowest BCUT2D eigenvalue weighted by molar-refractivity contribution is 0.00901. The summed E-state index contributed by atoms with van der Waals surface area (Å²) in [6.45, 7) is 4.52. The molecule has 0 fully saturated rings. The number of aromatic nitrogens is 2. The average Bonchev–Trinajstić information content (AvgIpc) is 3.59. The van der Waals surface area contributed by atoms with Gasteiger partial charge in [0.05, 0.1) is 18.0 Å². The number of rotatable bonds is 6. The Hall–Kier alpha value is -4.21. The minimum atomic E-state index is -0.0889. The number of aliphatic hydroxyl groups excluding tert-OH is 1. The van der Waals surface area contributed by atoms with Crippen molar-refractivity contribution in [1.29, 1.82) is 0 Å². The molecule has 0 bridgehead atoms. The standard InChI is InChI=1S/C28H29N7O2/c1-3-4-12-27-29-21(18-36)17-34(27)16-20-13-14-23(25(15-20)26-11-7-8-19(2)35(26)37)22-9-5-6-10-24(22)28-30-32-33-31-28/h5-11,13-15,17,36-37H,3-4,12,16,18H2,1-2H3. The third-order valence-electron chi connectivity index (χ3n) is 6.47. The van der Waals surface area contributed by atoms with E-state index in [0.29, 0.717) is 23.8 Å². The second kappa shape index (κ2) is 10.8. The molecule has 0 amide bonds. The number of hydroxylamine groups is 2. The molecule has 2 N–H and O–H groups in total. The second-order valence-electron chi connectivity index (χ2n) is 9.03. The van der Waals surface area contributed by atoms with Crippen molar-refractivity contribution in [3.63, 3.8) is 0 Å². The molecule has 2 aliphatic rings. The van der Waals surface area contributed by atoms with Crippen LogP contribution in [0.2, 0.25) is 0 Å². The molecule has 0 radical (unpaired) electrons. The van der Waals surface area contributed by atoms with E-state index in [1.54, 1.807) is 0 Å². The molecule has 0 saturated heterocycles. The van der Waals surface area contributed by atoms with Gasteiger partial charge in [-0.25, -0.2) is 10.0 Å². The zero-order chi connectivity index (χ0) is 25.8. The van der Waals surface area contributed by atoms with Crippen molar-refractivity contribution in [2.75, 3.05) is 0 Å². The maximum Gasteiger partial charge on any atom is 0.207 e. The summed E-state index contributed by atoms with van der Waals surface area (Å²) in [4.78, 5) is 4.62. The van der Waals surface area contributed by atoms with Crippen LogP contribution in [0.4, 0.5) is 0 Å². The minimum Gasteiger partial charge on any atom is -0.390 e. The van der Waals surface area contributed by atoms with E-state index < -0.39 is 0 Å². The van der Waals surface area contributed by atoms with Crippen LogP contribution in [0, 0.1) is 10.4 Å². The highest BCUT2D eigenvalue weighted by molar-refractivity contribution is 5.59. The zero-order valence-electron chi connectivity index (χ0n) is 20.9. The van der Waals surface area contributed by atoms with Gasteiger partial charge in [0.15, 0.2) is 0 Å². The minimum absolute atomic E-state index is 0.0889.